The molecule has 1 N–H and O–H groups in total. The van der Waals surface area contributed by atoms with Gasteiger partial charge in [0.2, 0.25) is 0 Å². The number of nitrogens with zero attached hydrogens (tertiary/aromatic N) is 4. The summed E-state index contributed by atoms with van der Waals surface area (Å²) in [6, 6.07) is 1.75. The van der Waals surface area contributed by atoms with E-state index in [4.69, 9.17) is 23.2 Å². The summed E-state index contributed by atoms with van der Waals surface area (Å²) in [6.45, 7) is 4.81. The molecular formula is C13H17Cl2N5O. The topological polar surface area (TPSA) is 64.7 Å². The van der Waals surface area contributed by atoms with Gasteiger partial charge in [0.05, 0.1) is 5.69 Å². The van der Waals surface area contributed by atoms with Crippen LogP contribution in [0.3, 0.4) is 0 Å². The van der Waals surface area contributed by atoms with Crippen molar-refractivity contribution in [1.29, 1.82) is 0 Å². The van der Waals surface area contributed by atoms with Crippen LogP contribution in [-0.4, -0.2) is 32.0 Å². The van der Waals surface area contributed by atoms with Crippen LogP contribution in [-0.2, 0) is 13.6 Å². The Kier molecular flexibility index (Phi) is 4.90. The van der Waals surface area contributed by atoms with E-state index < -0.39 is 0 Å². The molecule has 0 radical (unpaired) electrons. The van der Waals surface area contributed by atoms with E-state index >= 15 is 0 Å². The number of carbonyl (C=O) groups excluding carboxylic acids is 1. The zero-order valence-corrected chi connectivity index (χ0v) is 13.7. The Morgan fingerprint density at radius 1 is 1.33 bits per heavy atom. The van der Waals surface area contributed by atoms with Crippen LogP contribution in [0.1, 0.15) is 28.3 Å². The minimum atomic E-state index is -0.181. The molecule has 8 heteroatoms. The lowest BCUT2D eigenvalue weighted by Crippen LogP contribution is -2.25. The van der Waals surface area contributed by atoms with Crippen LogP contribution in [0.4, 0.5) is 0 Å². The van der Waals surface area contributed by atoms with E-state index in [-0.39, 0.29) is 5.91 Å². The second-order valence-electron chi connectivity index (χ2n) is 4.82. The Bertz CT molecular complexity index is 642. The van der Waals surface area contributed by atoms with E-state index in [2.05, 4.69) is 15.5 Å². The van der Waals surface area contributed by atoms with Crippen molar-refractivity contribution >= 4 is 29.1 Å². The molecule has 2 heterocycles. The molecule has 2 aromatic rings. The molecule has 6 nitrogen and oxygen atoms in total. The first-order chi connectivity index (χ1) is 9.90. The highest BCUT2D eigenvalue weighted by atomic mass is 35.5. The third-order valence-electron chi connectivity index (χ3n) is 3.17. The van der Waals surface area contributed by atoms with Crippen LogP contribution in [0, 0.1) is 13.8 Å². The first-order valence-corrected chi connectivity index (χ1v) is 7.33. The van der Waals surface area contributed by atoms with Crippen molar-refractivity contribution in [3.8, 4) is 0 Å². The van der Waals surface area contributed by atoms with E-state index in [0.29, 0.717) is 41.1 Å². The summed E-state index contributed by atoms with van der Waals surface area (Å²) in [5.74, 6) is -0.181. The van der Waals surface area contributed by atoms with Gasteiger partial charge >= 0.3 is 0 Å². The Hall–Kier alpha value is -1.53. The summed E-state index contributed by atoms with van der Waals surface area (Å²) in [7, 11) is 1.80. The lowest BCUT2D eigenvalue weighted by molar-refractivity contribution is 0.0947. The lowest BCUT2D eigenvalue weighted by Gasteiger charge is -2.04. The maximum Gasteiger partial charge on any atom is 0.271 e. The van der Waals surface area contributed by atoms with Gasteiger partial charge in [0.1, 0.15) is 15.9 Å². The highest BCUT2D eigenvalue weighted by Crippen LogP contribution is 2.24. The highest BCUT2D eigenvalue weighted by molar-refractivity contribution is 6.41. The molecular weight excluding hydrogens is 313 g/mol. The van der Waals surface area contributed by atoms with Crippen LogP contribution in [0.25, 0.3) is 0 Å². The SMILES string of the molecule is Cc1nn(CCCNC(=O)c2cc(C)n(C)n2)c(Cl)c1Cl. The van der Waals surface area contributed by atoms with Gasteiger partial charge in [0, 0.05) is 25.8 Å². The molecule has 0 unspecified atom stereocenters. The highest BCUT2D eigenvalue weighted by Gasteiger charge is 2.12. The van der Waals surface area contributed by atoms with E-state index in [1.54, 1.807) is 29.4 Å². The summed E-state index contributed by atoms with van der Waals surface area (Å²) in [4.78, 5) is 11.9. The minimum Gasteiger partial charge on any atom is -0.351 e. The number of hydrogen-bond acceptors (Lipinski definition) is 3. The summed E-state index contributed by atoms with van der Waals surface area (Å²) in [5, 5.41) is 12.1. The fourth-order valence-electron chi connectivity index (χ4n) is 1.87. The van der Waals surface area contributed by atoms with Crippen molar-refractivity contribution in [1.82, 2.24) is 24.9 Å². The van der Waals surface area contributed by atoms with E-state index in [1.165, 1.54) is 0 Å². The number of halogens is 2. The average Bonchev–Trinajstić information content (AvgIpc) is 2.90. The van der Waals surface area contributed by atoms with Gasteiger partial charge in [-0.3, -0.25) is 14.2 Å². The fourth-order valence-corrected chi connectivity index (χ4v) is 2.27. The Morgan fingerprint density at radius 3 is 2.57 bits per heavy atom. The molecule has 21 heavy (non-hydrogen) atoms. The molecule has 1 amide bonds. The summed E-state index contributed by atoms with van der Waals surface area (Å²) >= 11 is 12.0. The number of rotatable bonds is 5. The monoisotopic (exact) mass is 329 g/mol. The largest absolute Gasteiger partial charge is 0.351 e. The molecule has 0 aliphatic carbocycles. The third kappa shape index (κ3) is 3.57. The molecule has 0 bridgehead atoms. The van der Waals surface area contributed by atoms with E-state index in [0.717, 1.165) is 5.69 Å². The smallest absolute Gasteiger partial charge is 0.271 e. The number of nitrogens with one attached hydrogen (secondary N) is 1. The van der Waals surface area contributed by atoms with Gasteiger partial charge in [0.15, 0.2) is 0 Å². The van der Waals surface area contributed by atoms with Crippen molar-refractivity contribution in [2.75, 3.05) is 6.54 Å². The van der Waals surface area contributed by atoms with Crippen molar-refractivity contribution in [3.63, 3.8) is 0 Å². The standard InChI is InChI=1S/C13H17Cl2N5O/c1-8-7-10(18-19(8)3)13(21)16-5-4-6-20-12(15)11(14)9(2)17-20/h7H,4-6H2,1-3H3,(H,16,21). The predicted molar refractivity (Wildman–Crippen MR) is 81.9 cm³/mol. The van der Waals surface area contributed by atoms with Crippen LogP contribution >= 0.6 is 23.2 Å². The quantitative estimate of drug-likeness (QED) is 0.856. The maximum atomic E-state index is 11.9. The molecule has 0 aliphatic rings. The van der Waals surface area contributed by atoms with E-state index in [1.807, 2.05) is 6.92 Å². The number of aromatic nitrogens is 4. The predicted octanol–water partition coefficient (Wildman–Crippen LogP) is 2.36. The zero-order chi connectivity index (χ0) is 15.6. The number of hydrogen-bond donors (Lipinski definition) is 1. The second-order valence-corrected chi connectivity index (χ2v) is 5.55. The molecule has 2 rings (SSSR count). The van der Waals surface area contributed by atoms with Crippen molar-refractivity contribution in [2.45, 2.75) is 26.8 Å². The van der Waals surface area contributed by atoms with Gasteiger partial charge < -0.3 is 5.32 Å². The molecule has 0 aromatic carbocycles. The fraction of sp³-hybridized carbons (Fsp3) is 0.462. The Balaban J connectivity index is 1.82. The van der Waals surface area contributed by atoms with Gasteiger partial charge in [-0.15, -0.1) is 0 Å². The van der Waals surface area contributed by atoms with Gasteiger partial charge in [-0.1, -0.05) is 23.2 Å². The first kappa shape index (κ1) is 15.9. The summed E-state index contributed by atoms with van der Waals surface area (Å²) < 4.78 is 3.31. The van der Waals surface area contributed by atoms with Crippen LogP contribution in [0.2, 0.25) is 10.2 Å². The maximum absolute atomic E-state index is 11.9. The third-order valence-corrected chi connectivity index (χ3v) is 4.11. The molecule has 2 aromatic heterocycles. The van der Waals surface area contributed by atoms with Gasteiger partial charge in [0.25, 0.3) is 5.91 Å². The van der Waals surface area contributed by atoms with Gasteiger partial charge in [-0.25, -0.2) is 0 Å². The summed E-state index contributed by atoms with van der Waals surface area (Å²) in [5.41, 5.74) is 2.06. The minimum absolute atomic E-state index is 0.181. The molecule has 0 saturated carbocycles. The number of aryl methyl sites for hydroxylation is 4. The van der Waals surface area contributed by atoms with Gasteiger partial charge in [-0.2, -0.15) is 10.2 Å². The normalized spacial score (nSPS) is 10.9. The van der Waals surface area contributed by atoms with Crippen LogP contribution in [0.5, 0.6) is 0 Å². The van der Waals surface area contributed by atoms with Crippen molar-refractivity contribution < 1.29 is 4.79 Å². The lowest BCUT2D eigenvalue weighted by atomic mass is 10.3. The number of carbonyl (C=O) groups is 1. The van der Waals surface area contributed by atoms with Crippen LogP contribution < -0.4 is 5.32 Å². The van der Waals surface area contributed by atoms with E-state index in [9.17, 15) is 4.79 Å². The molecule has 0 aliphatic heterocycles. The second kappa shape index (κ2) is 6.49. The Labute approximate surface area is 133 Å². The average molecular weight is 330 g/mol. The Morgan fingerprint density at radius 2 is 2.05 bits per heavy atom. The molecule has 0 spiro atoms. The summed E-state index contributed by atoms with van der Waals surface area (Å²) in [6.07, 6.45) is 0.703. The van der Waals surface area contributed by atoms with Crippen LogP contribution in [0.15, 0.2) is 6.07 Å². The number of amides is 1. The molecule has 0 atom stereocenters. The molecule has 0 saturated heterocycles. The molecule has 0 fully saturated rings. The van der Waals surface area contributed by atoms with Crippen molar-refractivity contribution in [2.24, 2.45) is 7.05 Å². The first-order valence-electron chi connectivity index (χ1n) is 6.57. The van der Waals surface area contributed by atoms with Crippen molar-refractivity contribution in [3.05, 3.63) is 33.3 Å². The zero-order valence-electron chi connectivity index (χ0n) is 12.2. The molecule has 114 valence electrons. The van der Waals surface area contributed by atoms with Gasteiger partial charge in [-0.05, 0) is 26.3 Å².